The Kier molecular flexibility index (Phi) is 4.77. The lowest BCUT2D eigenvalue weighted by Gasteiger charge is -2.04. The molecule has 0 aliphatic heterocycles. The fourth-order valence-corrected chi connectivity index (χ4v) is 2.60. The van der Waals surface area contributed by atoms with Crippen molar-refractivity contribution in [1.29, 1.82) is 0 Å². The first kappa shape index (κ1) is 15.3. The summed E-state index contributed by atoms with van der Waals surface area (Å²) in [6.07, 6.45) is 0. The number of nitro groups is 1. The number of thioether (sulfide) groups is 1. The van der Waals surface area contributed by atoms with Gasteiger partial charge in [0.2, 0.25) is 0 Å². The number of hydrogen-bond donors (Lipinski definition) is 1. The van der Waals surface area contributed by atoms with E-state index in [0.717, 1.165) is 29.5 Å². The van der Waals surface area contributed by atoms with Crippen LogP contribution in [0.4, 0.5) is 5.69 Å². The van der Waals surface area contributed by atoms with Gasteiger partial charge in [-0.05, 0) is 23.8 Å². The molecule has 0 atom stereocenters. The molecule has 0 aliphatic carbocycles. The zero-order chi connectivity index (χ0) is 15.4. The first-order chi connectivity index (χ1) is 9.97. The molecule has 0 aliphatic rings. The molecule has 0 saturated carbocycles. The predicted octanol–water partition coefficient (Wildman–Crippen LogP) is 3.63. The van der Waals surface area contributed by atoms with Crippen LogP contribution in [-0.2, 0) is 5.75 Å². The lowest BCUT2D eigenvalue weighted by molar-refractivity contribution is -0.388. The Morgan fingerprint density at radius 1 is 1.29 bits per heavy atom. The zero-order valence-electron chi connectivity index (χ0n) is 10.5. The van der Waals surface area contributed by atoms with Crippen molar-refractivity contribution in [1.82, 2.24) is 4.98 Å². The molecule has 0 fully saturated rings. The number of carboxylic acid groups (broad SMARTS) is 1. The van der Waals surface area contributed by atoms with E-state index in [1.54, 1.807) is 24.3 Å². The van der Waals surface area contributed by atoms with E-state index < -0.39 is 10.9 Å². The summed E-state index contributed by atoms with van der Waals surface area (Å²) >= 11 is 6.88. The van der Waals surface area contributed by atoms with Crippen molar-refractivity contribution in [2.24, 2.45) is 0 Å². The van der Waals surface area contributed by atoms with E-state index in [1.807, 2.05) is 0 Å². The van der Waals surface area contributed by atoms with E-state index in [0.29, 0.717) is 10.8 Å². The molecule has 6 nitrogen and oxygen atoms in total. The summed E-state index contributed by atoms with van der Waals surface area (Å²) in [5.41, 5.74) is 0.472. The molecule has 0 radical (unpaired) electrons. The predicted molar refractivity (Wildman–Crippen MR) is 78.9 cm³/mol. The average Bonchev–Trinajstić information content (AvgIpc) is 2.46. The van der Waals surface area contributed by atoms with E-state index in [4.69, 9.17) is 16.7 Å². The summed E-state index contributed by atoms with van der Waals surface area (Å²) in [7, 11) is 0. The average molecular weight is 325 g/mol. The van der Waals surface area contributed by atoms with Gasteiger partial charge in [0.15, 0.2) is 5.03 Å². The molecule has 21 heavy (non-hydrogen) atoms. The normalized spacial score (nSPS) is 10.3. The van der Waals surface area contributed by atoms with Gasteiger partial charge >= 0.3 is 11.7 Å². The van der Waals surface area contributed by atoms with Crippen LogP contribution in [-0.4, -0.2) is 21.0 Å². The summed E-state index contributed by atoms with van der Waals surface area (Å²) in [4.78, 5) is 25.1. The summed E-state index contributed by atoms with van der Waals surface area (Å²) < 4.78 is 0. The second-order valence-electron chi connectivity index (χ2n) is 4.00. The van der Waals surface area contributed by atoms with Gasteiger partial charge in [0.25, 0.3) is 0 Å². The van der Waals surface area contributed by atoms with Gasteiger partial charge in [0.1, 0.15) is 5.69 Å². The van der Waals surface area contributed by atoms with E-state index in [1.165, 1.54) is 0 Å². The SMILES string of the molecule is O=C(O)c1ccc([N+](=O)[O-])c(SCc2ccc(Cl)cc2)n1. The second-order valence-corrected chi connectivity index (χ2v) is 5.40. The maximum atomic E-state index is 10.9. The van der Waals surface area contributed by atoms with Gasteiger partial charge in [0.05, 0.1) is 4.92 Å². The number of carboxylic acids is 1. The Bertz CT molecular complexity index is 691. The number of halogens is 1. The van der Waals surface area contributed by atoms with Gasteiger partial charge in [-0.15, -0.1) is 0 Å². The molecule has 0 unspecified atom stereocenters. The highest BCUT2D eigenvalue weighted by atomic mass is 35.5. The van der Waals surface area contributed by atoms with Crippen LogP contribution in [0, 0.1) is 10.1 Å². The maximum absolute atomic E-state index is 10.9. The monoisotopic (exact) mass is 324 g/mol. The second kappa shape index (κ2) is 6.55. The van der Waals surface area contributed by atoms with Gasteiger partial charge in [-0.3, -0.25) is 10.1 Å². The van der Waals surface area contributed by atoms with Crippen LogP contribution in [0.15, 0.2) is 41.4 Å². The van der Waals surface area contributed by atoms with Crippen molar-refractivity contribution in [3.8, 4) is 0 Å². The van der Waals surface area contributed by atoms with E-state index >= 15 is 0 Å². The number of rotatable bonds is 5. The quantitative estimate of drug-likeness (QED) is 0.512. The fraction of sp³-hybridized carbons (Fsp3) is 0.0769. The standard InChI is InChI=1S/C13H9ClN2O4S/c14-9-3-1-8(2-4-9)7-21-12-11(16(19)20)6-5-10(15-12)13(17)18/h1-6H,7H2,(H,17,18). The topological polar surface area (TPSA) is 93.3 Å². The molecule has 108 valence electrons. The number of aromatic nitrogens is 1. The number of aromatic carboxylic acids is 1. The number of pyridine rings is 1. The van der Waals surface area contributed by atoms with Crippen molar-refractivity contribution in [2.75, 3.05) is 0 Å². The van der Waals surface area contributed by atoms with Crippen molar-refractivity contribution in [2.45, 2.75) is 10.8 Å². The number of carbonyl (C=O) groups is 1. The molecule has 0 spiro atoms. The first-order valence-electron chi connectivity index (χ1n) is 5.73. The molecule has 1 heterocycles. The third-order valence-corrected chi connectivity index (χ3v) is 3.85. The molecule has 8 heteroatoms. The minimum absolute atomic E-state index is 0.0786. The molecule has 0 amide bonds. The Morgan fingerprint density at radius 2 is 1.95 bits per heavy atom. The Morgan fingerprint density at radius 3 is 2.52 bits per heavy atom. The minimum Gasteiger partial charge on any atom is -0.477 e. The van der Waals surface area contributed by atoms with Crippen LogP contribution in [0.1, 0.15) is 16.1 Å². The smallest absolute Gasteiger partial charge is 0.354 e. The van der Waals surface area contributed by atoms with Crippen molar-refractivity contribution >= 4 is 35.0 Å². The molecular weight excluding hydrogens is 316 g/mol. The molecular formula is C13H9ClN2O4S. The minimum atomic E-state index is -1.22. The third-order valence-electron chi connectivity index (χ3n) is 2.54. The van der Waals surface area contributed by atoms with Crippen molar-refractivity contribution < 1.29 is 14.8 Å². The van der Waals surface area contributed by atoms with Gasteiger partial charge in [0, 0.05) is 16.8 Å². The molecule has 2 aromatic rings. The third kappa shape index (κ3) is 3.93. The molecule has 0 bridgehead atoms. The summed E-state index contributed by atoms with van der Waals surface area (Å²) in [6.45, 7) is 0. The zero-order valence-corrected chi connectivity index (χ0v) is 12.1. The van der Waals surface area contributed by atoms with Crippen LogP contribution in [0.2, 0.25) is 5.02 Å². The van der Waals surface area contributed by atoms with Gasteiger partial charge < -0.3 is 5.11 Å². The summed E-state index contributed by atoms with van der Waals surface area (Å²) in [5, 5.41) is 20.5. The van der Waals surface area contributed by atoms with Crippen molar-refractivity contribution in [3.05, 3.63) is 62.8 Å². The van der Waals surface area contributed by atoms with Gasteiger partial charge in [-0.2, -0.15) is 0 Å². The molecule has 2 rings (SSSR count). The first-order valence-corrected chi connectivity index (χ1v) is 7.09. The highest BCUT2D eigenvalue weighted by molar-refractivity contribution is 7.98. The Hall–Kier alpha value is -2.12. The van der Waals surface area contributed by atoms with Gasteiger partial charge in [-0.1, -0.05) is 35.5 Å². The summed E-state index contributed by atoms with van der Waals surface area (Å²) in [6, 6.07) is 9.29. The van der Waals surface area contributed by atoms with Crippen molar-refractivity contribution in [3.63, 3.8) is 0 Å². The highest BCUT2D eigenvalue weighted by Gasteiger charge is 2.18. The number of nitrogens with zero attached hydrogens (tertiary/aromatic N) is 2. The van der Waals surface area contributed by atoms with Gasteiger partial charge in [-0.25, -0.2) is 9.78 Å². The molecule has 0 saturated heterocycles. The van der Waals surface area contributed by atoms with E-state index in [2.05, 4.69) is 4.98 Å². The van der Waals surface area contributed by atoms with E-state index in [9.17, 15) is 14.9 Å². The van der Waals surface area contributed by atoms with Crippen LogP contribution >= 0.6 is 23.4 Å². The summed E-state index contributed by atoms with van der Waals surface area (Å²) in [5.74, 6) is -0.799. The number of hydrogen-bond acceptors (Lipinski definition) is 5. The number of benzene rings is 1. The Balaban J connectivity index is 2.24. The Labute approximate surface area is 128 Å². The van der Waals surface area contributed by atoms with Crippen LogP contribution < -0.4 is 0 Å². The lowest BCUT2D eigenvalue weighted by atomic mass is 10.2. The molecule has 1 aromatic carbocycles. The fourth-order valence-electron chi connectivity index (χ4n) is 1.53. The maximum Gasteiger partial charge on any atom is 0.354 e. The highest BCUT2D eigenvalue weighted by Crippen LogP contribution is 2.30. The van der Waals surface area contributed by atoms with Crippen LogP contribution in [0.5, 0.6) is 0 Å². The van der Waals surface area contributed by atoms with E-state index in [-0.39, 0.29) is 16.4 Å². The molecule has 1 aromatic heterocycles. The van der Waals surface area contributed by atoms with Crippen LogP contribution in [0.25, 0.3) is 0 Å². The largest absolute Gasteiger partial charge is 0.477 e. The lowest BCUT2D eigenvalue weighted by Crippen LogP contribution is -2.03. The van der Waals surface area contributed by atoms with Crippen LogP contribution in [0.3, 0.4) is 0 Å². The molecule has 1 N–H and O–H groups in total.